The minimum Gasteiger partial charge on any atom is -0.375 e. The van der Waals surface area contributed by atoms with Crippen molar-refractivity contribution in [2.75, 3.05) is 5.32 Å². The van der Waals surface area contributed by atoms with Crippen LogP contribution in [0.3, 0.4) is 0 Å². The average molecular weight is 262 g/mol. The maximum Gasteiger partial charge on any atom is 0.433 e. The zero-order valence-corrected chi connectivity index (χ0v) is 8.94. The van der Waals surface area contributed by atoms with Crippen molar-refractivity contribution in [3.05, 3.63) is 28.1 Å². The third-order valence-corrected chi connectivity index (χ3v) is 2.55. The SMILES string of the molecule is NC1CC1Nc1cc(C(F)(F)F)ncc1[N+](=O)[O-]. The molecule has 1 heterocycles. The molecular weight excluding hydrogens is 253 g/mol. The number of nitrogens with two attached hydrogens (primary N) is 1. The van der Waals surface area contributed by atoms with Crippen molar-refractivity contribution in [2.24, 2.45) is 5.73 Å². The van der Waals surface area contributed by atoms with Gasteiger partial charge in [0.1, 0.15) is 17.6 Å². The Morgan fingerprint density at radius 3 is 2.61 bits per heavy atom. The van der Waals surface area contributed by atoms with Gasteiger partial charge in [0.15, 0.2) is 0 Å². The van der Waals surface area contributed by atoms with Gasteiger partial charge in [-0.15, -0.1) is 0 Å². The first-order chi connectivity index (χ1) is 8.29. The summed E-state index contributed by atoms with van der Waals surface area (Å²) in [5, 5.41) is 13.3. The number of hydrogen-bond donors (Lipinski definition) is 2. The van der Waals surface area contributed by atoms with E-state index in [1.165, 1.54) is 0 Å². The number of anilines is 1. The molecule has 0 radical (unpaired) electrons. The predicted octanol–water partition coefficient (Wildman–Crippen LogP) is 1.52. The van der Waals surface area contributed by atoms with Crippen molar-refractivity contribution in [3.63, 3.8) is 0 Å². The molecule has 3 N–H and O–H groups in total. The van der Waals surface area contributed by atoms with Crippen LogP contribution in [0.5, 0.6) is 0 Å². The Morgan fingerprint density at radius 1 is 1.56 bits per heavy atom. The second-order valence-electron chi connectivity index (χ2n) is 3.99. The monoisotopic (exact) mass is 262 g/mol. The minimum atomic E-state index is -4.64. The number of pyridine rings is 1. The molecule has 2 atom stereocenters. The summed E-state index contributed by atoms with van der Waals surface area (Å²) in [7, 11) is 0. The molecule has 0 spiro atoms. The molecule has 0 amide bonds. The van der Waals surface area contributed by atoms with E-state index in [4.69, 9.17) is 5.73 Å². The summed E-state index contributed by atoms with van der Waals surface area (Å²) in [6.07, 6.45) is -3.48. The van der Waals surface area contributed by atoms with E-state index in [1.54, 1.807) is 0 Å². The highest BCUT2D eigenvalue weighted by atomic mass is 19.4. The molecule has 1 saturated carbocycles. The van der Waals surface area contributed by atoms with Crippen molar-refractivity contribution < 1.29 is 18.1 Å². The number of rotatable bonds is 3. The molecule has 0 aromatic carbocycles. The van der Waals surface area contributed by atoms with Crippen molar-refractivity contribution in [2.45, 2.75) is 24.7 Å². The summed E-state index contributed by atoms with van der Waals surface area (Å²) in [5.74, 6) is 0. The molecule has 1 aliphatic carbocycles. The van der Waals surface area contributed by atoms with Gasteiger partial charge in [-0.2, -0.15) is 13.2 Å². The highest BCUT2D eigenvalue weighted by Gasteiger charge is 2.37. The fraction of sp³-hybridized carbons (Fsp3) is 0.444. The quantitative estimate of drug-likeness (QED) is 0.636. The van der Waals surface area contributed by atoms with Crippen LogP contribution in [0.4, 0.5) is 24.5 Å². The van der Waals surface area contributed by atoms with Gasteiger partial charge in [0.25, 0.3) is 0 Å². The van der Waals surface area contributed by atoms with Crippen molar-refractivity contribution in [3.8, 4) is 0 Å². The summed E-state index contributed by atoms with van der Waals surface area (Å²) >= 11 is 0. The third kappa shape index (κ3) is 2.50. The third-order valence-electron chi connectivity index (χ3n) is 2.55. The normalized spacial score (nSPS) is 22.7. The van der Waals surface area contributed by atoms with E-state index < -0.39 is 22.5 Å². The van der Waals surface area contributed by atoms with Crippen LogP contribution in [-0.4, -0.2) is 22.0 Å². The Hall–Kier alpha value is -1.90. The van der Waals surface area contributed by atoms with Crippen LogP contribution < -0.4 is 11.1 Å². The largest absolute Gasteiger partial charge is 0.433 e. The van der Waals surface area contributed by atoms with Gasteiger partial charge in [0.2, 0.25) is 0 Å². The number of nitrogens with zero attached hydrogens (tertiary/aromatic N) is 2. The molecule has 18 heavy (non-hydrogen) atoms. The molecule has 6 nitrogen and oxygen atoms in total. The lowest BCUT2D eigenvalue weighted by atomic mass is 10.2. The predicted molar refractivity (Wildman–Crippen MR) is 55.9 cm³/mol. The molecule has 2 unspecified atom stereocenters. The Bertz CT molecular complexity index is 491. The highest BCUT2D eigenvalue weighted by Crippen LogP contribution is 2.35. The van der Waals surface area contributed by atoms with Gasteiger partial charge < -0.3 is 11.1 Å². The number of nitrogens with one attached hydrogen (secondary N) is 1. The first kappa shape index (κ1) is 12.6. The molecular formula is C9H9F3N4O2. The lowest BCUT2D eigenvalue weighted by Crippen LogP contribution is -2.16. The number of halogens is 3. The van der Waals surface area contributed by atoms with Crippen LogP contribution in [0.1, 0.15) is 12.1 Å². The zero-order chi connectivity index (χ0) is 13.5. The van der Waals surface area contributed by atoms with E-state index in [-0.39, 0.29) is 17.8 Å². The number of alkyl halides is 3. The summed E-state index contributed by atoms with van der Waals surface area (Å²) in [4.78, 5) is 12.9. The number of hydrogen-bond acceptors (Lipinski definition) is 5. The Balaban J connectivity index is 2.35. The average Bonchev–Trinajstić information content (AvgIpc) is 2.92. The fourth-order valence-corrected chi connectivity index (χ4v) is 1.44. The Kier molecular flexibility index (Phi) is 2.85. The fourth-order valence-electron chi connectivity index (χ4n) is 1.44. The second kappa shape index (κ2) is 4.09. The van der Waals surface area contributed by atoms with Crippen molar-refractivity contribution >= 4 is 11.4 Å². The lowest BCUT2D eigenvalue weighted by Gasteiger charge is -2.09. The summed E-state index contributed by atoms with van der Waals surface area (Å²) in [6.45, 7) is 0. The van der Waals surface area contributed by atoms with Crippen LogP contribution in [0.2, 0.25) is 0 Å². The summed E-state index contributed by atoms with van der Waals surface area (Å²) < 4.78 is 37.3. The number of nitro groups is 1. The summed E-state index contributed by atoms with van der Waals surface area (Å²) in [5.41, 5.74) is 3.61. The van der Waals surface area contributed by atoms with Crippen LogP contribution in [0, 0.1) is 10.1 Å². The van der Waals surface area contributed by atoms with Crippen LogP contribution in [0.15, 0.2) is 12.3 Å². The van der Waals surface area contributed by atoms with E-state index in [0.29, 0.717) is 18.7 Å². The topological polar surface area (TPSA) is 94.1 Å². The van der Waals surface area contributed by atoms with Crippen LogP contribution in [-0.2, 0) is 6.18 Å². The van der Waals surface area contributed by atoms with E-state index in [9.17, 15) is 23.3 Å². The Labute approximate surface area is 99.1 Å². The van der Waals surface area contributed by atoms with Crippen molar-refractivity contribution in [1.29, 1.82) is 0 Å². The minimum absolute atomic E-state index is 0.188. The maximum atomic E-state index is 12.4. The van der Waals surface area contributed by atoms with Gasteiger partial charge in [0.05, 0.1) is 4.92 Å². The summed E-state index contributed by atoms with van der Waals surface area (Å²) in [6, 6.07) is 0.211. The first-order valence-corrected chi connectivity index (χ1v) is 5.03. The van der Waals surface area contributed by atoms with E-state index >= 15 is 0 Å². The van der Waals surface area contributed by atoms with Crippen LogP contribution in [0.25, 0.3) is 0 Å². The second-order valence-corrected chi connectivity index (χ2v) is 3.99. The molecule has 98 valence electrons. The van der Waals surface area contributed by atoms with E-state index in [1.807, 2.05) is 0 Å². The maximum absolute atomic E-state index is 12.4. The van der Waals surface area contributed by atoms with Gasteiger partial charge in [0, 0.05) is 12.1 Å². The highest BCUT2D eigenvalue weighted by molar-refractivity contribution is 5.62. The lowest BCUT2D eigenvalue weighted by molar-refractivity contribution is -0.384. The van der Waals surface area contributed by atoms with Gasteiger partial charge in [-0.05, 0) is 12.5 Å². The molecule has 1 aromatic heterocycles. The zero-order valence-electron chi connectivity index (χ0n) is 8.94. The van der Waals surface area contributed by atoms with Crippen LogP contribution >= 0.6 is 0 Å². The molecule has 9 heteroatoms. The molecule has 1 fully saturated rings. The Morgan fingerprint density at radius 2 is 2.17 bits per heavy atom. The van der Waals surface area contributed by atoms with Gasteiger partial charge in [-0.1, -0.05) is 0 Å². The molecule has 0 saturated heterocycles. The standard InChI is InChI=1S/C9H9F3N4O2/c10-9(11,12)8-2-6(15-5-1-4(5)13)7(3-14-8)16(17)18/h2-5H,1,13H2,(H,14,15). The van der Waals surface area contributed by atoms with Crippen molar-refractivity contribution in [1.82, 2.24) is 4.98 Å². The van der Waals surface area contributed by atoms with Gasteiger partial charge in [-0.3, -0.25) is 10.1 Å². The molecule has 0 aliphatic heterocycles. The molecule has 2 rings (SSSR count). The van der Waals surface area contributed by atoms with E-state index in [2.05, 4.69) is 10.3 Å². The molecule has 0 bridgehead atoms. The van der Waals surface area contributed by atoms with E-state index in [0.717, 1.165) is 0 Å². The van der Waals surface area contributed by atoms with Gasteiger partial charge >= 0.3 is 11.9 Å². The van der Waals surface area contributed by atoms with Gasteiger partial charge in [-0.25, -0.2) is 4.98 Å². The number of aromatic nitrogens is 1. The smallest absolute Gasteiger partial charge is 0.375 e. The first-order valence-electron chi connectivity index (χ1n) is 5.03. The molecule has 1 aliphatic rings. The molecule has 1 aromatic rings.